The van der Waals surface area contributed by atoms with Crippen LogP contribution in [0, 0.1) is 0 Å². The molecule has 0 atom stereocenters. The highest BCUT2D eigenvalue weighted by atomic mass is 79.9. The Morgan fingerprint density at radius 1 is 1.47 bits per heavy atom. The van der Waals surface area contributed by atoms with Crippen LogP contribution in [0.5, 0.6) is 0 Å². The van der Waals surface area contributed by atoms with Crippen LogP contribution in [0.25, 0.3) is 0 Å². The Bertz CT molecular complexity index is 435. The average molecular weight is 328 g/mol. The van der Waals surface area contributed by atoms with Gasteiger partial charge in [-0.1, -0.05) is 6.92 Å². The van der Waals surface area contributed by atoms with Gasteiger partial charge in [0.2, 0.25) is 0 Å². The van der Waals surface area contributed by atoms with Crippen molar-refractivity contribution in [1.29, 1.82) is 0 Å². The summed E-state index contributed by atoms with van der Waals surface area (Å²) < 4.78 is 0.817. The molecule has 0 fully saturated rings. The fourth-order valence-corrected chi connectivity index (χ4v) is 2.23. The van der Waals surface area contributed by atoms with E-state index >= 15 is 0 Å². The molecule has 1 N–H and O–H groups in total. The smallest absolute Gasteiger partial charge is 0.257 e. The molecule has 0 aliphatic heterocycles. The van der Waals surface area contributed by atoms with Gasteiger partial charge in [-0.2, -0.15) is 0 Å². The number of hydrogen-bond acceptors (Lipinski definition) is 3. The number of pyridine rings is 1. The monoisotopic (exact) mass is 327 g/mol. The van der Waals surface area contributed by atoms with E-state index in [1.807, 2.05) is 31.7 Å². The number of carbonyl (C=O) groups excluding carboxylic acids is 1. The van der Waals surface area contributed by atoms with Gasteiger partial charge in [0.05, 0.1) is 5.56 Å². The fraction of sp³-hybridized carbons (Fsp3) is 0.571. The Morgan fingerprint density at radius 3 is 2.68 bits per heavy atom. The fourth-order valence-electron chi connectivity index (χ4n) is 1.90. The molecule has 1 heterocycles. The maximum Gasteiger partial charge on any atom is 0.257 e. The zero-order valence-electron chi connectivity index (χ0n) is 12.0. The molecule has 0 aliphatic rings. The number of halogens is 1. The lowest BCUT2D eigenvalue weighted by molar-refractivity contribution is 0.0706. The predicted molar refractivity (Wildman–Crippen MR) is 82.6 cm³/mol. The van der Waals surface area contributed by atoms with Crippen LogP contribution >= 0.6 is 15.9 Å². The molecular formula is C14H22BrN3O. The van der Waals surface area contributed by atoms with Crippen molar-refractivity contribution in [2.75, 3.05) is 18.4 Å². The standard InChI is InChI=1S/C14H22BrN3O/c1-5-7-18(10(3)4)14(19)12-8-11(15)9-17-13(12)16-6-2/h8-10H,5-7H2,1-4H3,(H,16,17). The lowest BCUT2D eigenvalue weighted by atomic mass is 10.2. The van der Waals surface area contributed by atoms with Crippen LogP contribution in [0.1, 0.15) is 44.5 Å². The summed E-state index contributed by atoms with van der Waals surface area (Å²) in [5, 5.41) is 3.14. The van der Waals surface area contributed by atoms with Gasteiger partial charge in [-0.3, -0.25) is 4.79 Å². The summed E-state index contributed by atoms with van der Waals surface area (Å²) in [7, 11) is 0. The molecule has 5 heteroatoms. The Morgan fingerprint density at radius 2 is 2.16 bits per heavy atom. The van der Waals surface area contributed by atoms with Gasteiger partial charge >= 0.3 is 0 Å². The van der Waals surface area contributed by atoms with Gasteiger partial charge < -0.3 is 10.2 Å². The van der Waals surface area contributed by atoms with Crippen molar-refractivity contribution in [3.8, 4) is 0 Å². The largest absolute Gasteiger partial charge is 0.370 e. The number of nitrogens with one attached hydrogen (secondary N) is 1. The van der Waals surface area contributed by atoms with Gasteiger partial charge in [0.1, 0.15) is 5.82 Å². The molecule has 4 nitrogen and oxygen atoms in total. The van der Waals surface area contributed by atoms with E-state index in [0.29, 0.717) is 11.4 Å². The second kappa shape index (κ2) is 7.48. The topological polar surface area (TPSA) is 45.2 Å². The molecule has 0 unspecified atom stereocenters. The van der Waals surface area contributed by atoms with Gasteiger partial charge in [0, 0.05) is 29.8 Å². The third-order valence-electron chi connectivity index (χ3n) is 2.78. The minimum absolute atomic E-state index is 0.0293. The first kappa shape index (κ1) is 16.0. The molecule has 0 bridgehead atoms. The quantitative estimate of drug-likeness (QED) is 0.869. The van der Waals surface area contributed by atoms with E-state index in [9.17, 15) is 4.79 Å². The van der Waals surface area contributed by atoms with E-state index in [2.05, 4.69) is 33.2 Å². The van der Waals surface area contributed by atoms with E-state index in [0.717, 1.165) is 24.0 Å². The normalized spacial score (nSPS) is 10.6. The molecule has 1 aromatic heterocycles. The minimum atomic E-state index is 0.0293. The molecule has 1 rings (SSSR count). The molecule has 1 aromatic rings. The van der Waals surface area contributed by atoms with Crippen molar-refractivity contribution in [1.82, 2.24) is 9.88 Å². The second-order valence-electron chi connectivity index (χ2n) is 4.67. The van der Waals surface area contributed by atoms with E-state index in [-0.39, 0.29) is 11.9 Å². The van der Waals surface area contributed by atoms with Crippen molar-refractivity contribution >= 4 is 27.7 Å². The Labute approximate surface area is 123 Å². The van der Waals surface area contributed by atoms with Crippen molar-refractivity contribution in [3.05, 3.63) is 22.3 Å². The zero-order valence-corrected chi connectivity index (χ0v) is 13.6. The Balaban J connectivity index is 3.11. The number of hydrogen-bond donors (Lipinski definition) is 1. The summed E-state index contributed by atoms with van der Waals surface area (Å²) in [6.07, 6.45) is 2.65. The maximum atomic E-state index is 12.6. The van der Waals surface area contributed by atoms with Crippen molar-refractivity contribution in [3.63, 3.8) is 0 Å². The molecule has 0 radical (unpaired) electrons. The Kier molecular flexibility index (Phi) is 6.28. The van der Waals surface area contributed by atoms with Crippen LogP contribution < -0.4 is 5.32 Å². The van der Waals surface area contributed by atoms with Gasteiger partial charge in [-0.25, -0.2) is 4.98 Å². The van der Waals surface area contributed by atoms with Crippen LogP contribution in [0.15, 0.2) is 16.7 Å². The summed E-state index contributed by atoms with van der Waals surface area (Å²) in [4.78, 5) is 18.8. The highest BCUT2D eigenvalue weighted by Gasteiger charge is 2.21. The number of nitrogens with zero attached hydrogens (tertiary/aromatic N) is 2. The first-order valence-corrected chi connectivity index (χ1v) is 7.50. The van der Waals surface area contributed by atoms with Crippen molar-refractivity contribution in [2.24, 2.45) is 0 Å². The third kappa shape index (κ3) is 4.20. The van der Waals surface area contributed by atoms with Crippen LogP contribution in [0.4, 0.5) is 5.82 Å². The molecular weight excluding hydrogens is 306 g/mol. The number of aromatic nitrogens is 1. The van der Waals surface area contributed by atoms with Gasteiger partial charge in [-0.15, -0.1) is 0 Å². The predicted octanol–water partition coefficient (Wildman–Crippen LogP) is 3.54. The van der Waals surface area contributed by atoms with Crippen LogP contribution in [0.3, 0.4) is 0 Å². The van der Waals surface area contributed by atoms with Gasteiger partial charge in [0.15, 0.2) is 0 Å². The van der Waals surface area contributed by atoms with Crippen molar-refractivity contribution < 1.29 is 4.79 Å². The summed E-state index contributed by atoms with van der Waals surface area (Å²) >= 11 is 3.38. The minimum Gasteiger partial charge on any atom is -0.370 e. The van der Waals surface area contributed by atoms with Crippen LogP contribution in [0.2, 0.25) is 0 Å². The summed E-state index contributed by atoms with van der Waals surface area (Å²) in [6.45, 7) is 9.63. The highest BCUT2D eigenvalue weighted by Crippen LogP contribution is 2.21. The molecule has 0 aromatic carbocycles. The van der Waals surface area contributed by atoms with E-state index in [4.69, 9.17) is 0 Å². The van der Waals surface area contributed by atoms with Gasteiger partial charge in [0.25, 0.3) is 5.91 Å². The zero-order chi connectivity index (χ0) is 14.4. The first-order valence-electron chi connectivity index (χ1n) is 6.71. The molecule has 0 saturated carbocycles. The molecule has 19 heavy (non-hydrogen) atoms. The maximum absolute atomic E-state index is 12.6. The number of rotatable bonds is 6. The van der Waals surface area contributed by atoms with E-state index in [1.165, 1.54) is 0 Å². The summed E-state index contributed by atoms with van der Waals surface area (Å²) in [6, 6.07) is 2.01. The van der Waals surface area contributed by atoms with Gasteiger partial charge in [-0.05, 0) is 49.2 Å². The number of anilines is 1. The first-order chi connectivity index (χ1) is 9.01. The average Bonchev–Trinajstić information content (AvgIpc) is 2.37. The lowest BCUT2D eigenvalue weighted by Crippen LogP contribution is -2.38. The molecule has 0 spiro atoms. The van der Waals surface area contributed by atoms with E-state index in [1.54, 1.807) is 6.20 Å². The summed E-state index contributed by atoms with van der Waals surface area (Å²) in [5.74, 6) is 0.680. The molecule has 0 saturated heterocycles. The van der Waals surface area contributed by atoms with Crippen molar-refractivity contribution in [2.45, 2.75) is 40.2 Å². The highest BCUT2D eigenvalue weighted by molar-refractivity contribution is 9.10. The molecule has 106 valence electrons. The SMILES string of the molecule is CCCN(C(=O)c1cc(Br)cnc1NCC)C(C)C. The number of amides is 1. The second-order valence-corrected chi connectivity index (χ2v) is 5.59. The number of carbonyl (C=O) groups is 1. The van der Waals surface area contributed by atoms with Crippen LogP contribution in [-0.2, 0) is 0 Å². The molecule has 1 amide bonds. The van der Waals surface area contributed by atoms with E-state index < -0.39 is 0 Å². The Hall–Kier alpha value is -1.10. The third-order valence-corrected chi connectivity index (χ3v) is 3.21. The lowest BCUT2D eigenvalue weighted by Gasteiger charge is -2.27. The summed E-state index contributed by atoms with van der Waals surface area (Å²) in [5.41, 5.74) is 0.623. The molecule has 0 aliphatic carbocycles. The van der Waals surface area contributed by atoms with Crippen LogP contribution in [-0.4, -0.2) is 34.9 Å².